The second-order valence-electron chi connectivity index (χ2n) is 9.21. The van der Waals surface area contributed by atoms with Crippen LogP contribution >= 0.6 is 11.6 Å². The van der Waals surface area contributed by atoms with Crippen molar-refractivity contribution in [2.24, 2.45) is 16.5 Å². The fourth-order valence-electron chi connectivity index (χ4n) is 3.61. The molecule has 0 spiro atoms. The summed E-state index contributed by atoms with van der Waals surface area (Å²) in [6.07, 6.45) is 6.46. The first-order valence-corrected chi connectivity index (χ1v) is 11.3. The normalized spacial score (nSPS) is 18.4. The van der Waals surface area contributed by atoms with E-state index in [1.54, 1.807) is 0 Å². The minimum absolute atomic E-state index is 0.0839. The van der Waals surface area contributed by atoms with Gasteiger partial charge in [0.25, 0.3) is 0 Å². The zero-order chi connectivity index (χ0) is 25.9. The van der Waals surface area contributed by atoms with Gasteiger partial charge in [-0.3, -0.25) is 0 Å². The van der Waals surface area contributed by atoms with Gasteiger partial charge < -0.3 is 20.0 Å². The summed E-state index contributed by atoms with van der Waals surface area (Å²) in [5, 5.41) is 20.9. The number of carboxylic acid groups (broad SMARTS) is 2. The van der Waals surface area contributed by atoms with Gasteiger partial charge in [-0.15, -0.1) is 0 Å². The van der Waals surface area contributed by atoms with E-state index >= 15 is 0 Å². The van der Waals surface area contributed by atoms with Gasteiger partial charge >= 0.3 is 11.9 Å². The Bertz CT molecular complexity index is 944. The number of nitrogens with zero attached hydrogens (tertiary/aromatic N) is 2. The zero-order valence-corrected chi connectivity index (χ0v) is 21.5. The number of halogens is 1. The number of oxime groups is 1. The highest BCUT2D eigenvalue weighted by Gasteiger charge is 2.30. The van der Waals surface area contributed by atoms with E-state index in [1.165, 1.54) is 11.1 Å². The molecule has 8 heteroatoms. The third-order valence-electron chi connectivity index (χ3n) is 4.82. The number of rotatable bonds is 8. The third kappa shape index (κ3) is 11.3. The minimum atomic E-state index is -1.26. The largest absolute Gasteiger partial charge is 0.478 e. The summed E-state index contributed by atoms with van der Waals surface area (Å²) in [7, 11) is 4.15. The van der Waals surface area contributed by atoms with Crippen LogP contribution in [0.2, 0.25) is 5.02 Å². The maximum atomic E-state index is 9.55. The molecule has 34 heavy (non-hydrogen) atoms. The summed E-state index contributed by atoms with van der Waals surface area (Å²) in [6, 6.07) is 7.91. The molecule has 0 bridgehead atoms. The number of aliphatic carboxylic acids is 2. The van der Waals surface area contributed by atoms with Gasteiger partial charge in [0.15, 0.2) is 0 Å². The number of carbonyl (C=O) groups is 2. The van der Waals surface area contributed by atoms with Crippen LogP contribution in [-0.2, 0) is 14.4 Å². The first kappa shape index (κ1) is 29.1. The van der Waals surface area contributed by atoms with Crippen LogP contribution in [0.25, 0.3) is 6.08 Å². The fourth-order valence-corrected chi connectivity index (χ4v) is 3.74. The van der Waals surface area contributed by atoms with Crippen LogP contribution in [0.1, 0.15) is 39.7 Å². The molecule has 1 atom stereocenters. The highest BCUT2D eigenvalue weighted by molar-refractivity contribution is 6.30. The van der Waals surface area contributed by atoms with Crippen molar-refractivity contribution in [3.05, 3.63) is 64.2 Å². The van der Waals surface area contributed by atoms with E-state index in [9.17, 15) is 9.59 Å². The van der Waals surface area contributed by atoms with Gasteiger partial charge in [-0.05, 0) is 50.4 Å². The Hall–Kier alpha value is -2.90. The molecule has 1 aliphatic carbocycles. The molecule has 186 valence electrons. The van der Waals surface area contributed by atoms with Crippen LogP contribution in [0.3, 0.4) is 0 Å². The summed E-state index contributed by atoms with van der Waals surface area (Å²) in [5.74, 6) is -2.08. The Morgan fingerprint density at radius 3 is 2.24 bits per heavy atom. The Morgan fingerprint density at radius 1 is 1.18 bits per heavy atom. The molecule has 0 heterocycles. The molecule has 2 rings (SSSR count). The van der Waals surface area contributed by atoms with Crippen molar-refractivity contribution in [1.29, 1.82) is 0 Å². The molecule has 0 saturated carbocycles. The number of hydrogen-bond donors (Lipinski definition) is 2. The monoisotopic (exact) mass is 490 g/mol. The van der Waals surface area contributed by atoms with Gasteiger partial charge in [0.1, 0.15) is 6.61 Å². The van der Waals surface area contributed by atoms with Gasteiger partial charge in [-0.2, -0.15) is 0 Å². The molecule has 0 aliphatic heterocycles. The molecule has 0 radical (unpaired) electrons. The fraction of sp³-hybridized carbons (Fsp3) is 0.423. The number of hydrogen-bond acceptors (Lipinski definition) is 5. The number of carboxylic acids is 2. The summed E-state index contributed by atoms with van der Waals surface area (Å²) < 4.78 is 0. The van der Waals surface area contributed by atoms with E-state index in [2.05, 4.69) is 64.0 Å². The van der Waals surface area contributed by atoms with Crippen molar-refractivity contribution < 1.29 is 24.6 Å². The smallest absolute Gasteiger partial charge is 0.328 e. The summed E-state index contributed by atoms with van der Waals surface area (Å²) in [4.78, 5) is 27.0. The van der Waals surface area contributed by atoms with Gasteiger partial charge in [-0.25, -0.2) is 9.59 Å². The molecule has 0 fully saturated rings. The summed E-state index contributed by atoms with van der Waals surface area (Å²) in [6.45, 7) is 10.4. The number of benzene rings is 1. The Labute approximate surface area is 207 Å². The van der Waals surface area contributed by atoms with Crippen molar-refractivity contribution in [3.63, 3.8) is 0 Å². The van der Waals surface area contributed by atoms with E-state index in [-0.39, 0.29) is 5.41 Å². The van der Waals surface area contributed by atoms with Crippen LogP contribution in [0.5, 0.6) is 0 Å². The maximum Gasteiger partial charge on any atom is 0.328 e. The van der Waals surface area contributed by atoms with Crippen LogP contribution in [0, 0.1) is 11.3 Å². The zero-order valence-electron chi connectivity index (χ0n) is 20.7. The van der Waals surface area contributed by atoms with E-state index < -0.39 is 11.9 Å². The average molecular weight is 491 g/mol. The molecular weight excluding hydrogens is 456 g/mol. The van der Waals surface area contributed by atoms with E-state index in [1.807, 2.05) is 24.3 Å². The van der Waals surface area contributed by atoms with E-state index in [0.29, 0.717) is 24.7 Å². The standard InChI is InChI=1S/C22H31ClN2O.C4H4O4/c1-16-11-21(24-26-15-17(2)14-25(5)6)20(22(3,4)13-16)12-18-7-9-19(23)10-8-18;5-3(6)1-2-4(7)8/h7-10,12-13,17H,11,14-15H2,1-6H3;1-2H,(H,5,6)(H,7,8)/b20-12+,24-21+;2-1+. The predicted molar refractivity (Wildman–Crippen MR) is 137 cm³/mol. The van der Waals surface area contributed by atoms with E-state index in [0.717, 1.165) is 29.3 Å². The van der Waals surface area contributed by atoms with Crippen molar-refractivity contribution in [2.45, 2.75) is 34.1 Å². The van der Waals surface area contributed by atoms with Crippen molar-refractivity contribution in [1.82, 2.24) is 4.90 Å². The maximum absolute atomic E-state index is 9.55. The molecule has 0 saturated heterocycles. The highest BCUT2D eigenvalue weighted by atomic mass is 35.5. The van der Waals surface area contributed by atoms with E-state index in [4.69, 9.17) is 26.7 Å². The highest BCUT2D eigenvalue weighted by Crippen LogP contribution is 2.38. The first-order chi connectivity index (χ1) is 15.8. The van der Waals surface area contributed by atoms with Crippen LogP contribution in [0.4, 0.5) is 0 Å². The molecule has 0 aromatic heterocycles. The third-order valence-corrected chi connectivity index (χ3v) is 5.07. The Balaban J connectivity index is 0.000000620. The second-order valence-corrected chi connectivity index (χ2v) is 9.65. The Morgan fingerprint density at radius 2 is 1.74 bits per heavy atom. The lowest BCUT2D eigenvalue weighted by molar-refractivity contribution is -0.134. The van der Waals surface area contributed by atoms with Gasteiger partial charge in [-0.1, -0.05) is 61.3 Å². The summed E-state index contributed by atoms with van der Waals surface area (Å²) in [5.41, 5.74) is 4.58. The molecule has 1 unspecified atom stereocenters. The van der Waals surface area contributed by atoms with Crippen LogP contribution in [-0.4, -0.2) is 60.0 Å². The van der Waals surface area contributed by atoms with Crippen LogP contribution < -0.4 is 0 Å². The molecule has 2 N–H and O–H groups in total. The van der Waals surface area contributed by atoms with Crippen molar-refractivity contribution >= 4 is 35.3 Å². The quantitative estimate of drug-likeness (QED) is 0.288. The second kappa shape index (κ2) is 13.7. The molecular formula is C26H35ClN2O5. The average Bonchev–Trinajstić information content (AvgIpc) is 2.70. The van der Waals surface area contributed by atoms with Crippen LogP contribution in [0.15, 0.2) is 58.8 Å². The van der Waals surface area contributed by atoms with Crippen molar-refractivity contribution in [2.75, 3.05) is 27.2 Å². The molecule has 0 amide bonds. The molecule has 1 aromatic carbocycles. The lowest BCUT2D eigenvalue weighted by atomic mass is 9.74. The van der Waals surface area contributed by atoms with Crippen molar-refractivity contribution in [3.8, 4) is 0 Å². The topological polar surface area (TPSA) is 99.4 Å². The minimum Gasteiger partial charge on any atom is -0.478 e. The predicted octanol–water partition coefficient (Wildman–Crippen LogP) is 5.38. The van der Waals surface area contributed by atoms with Gasteiger partial charge in [0.05, 0.1) is 5.71 Å². The van der Waals surface area contributed by atoms with Gasteiger partial charge in [0, 0.05) is 41.5 Å². The molecule has 1 aliphatic rings. The summed E-state index contributed by atoms with van der Waals surface area (Å²) >= 11 is 6.01. The SMILES string of the molecule is CC1=CC(C)(C)C(=C/c2ccc(Cl)cc2)/C(=N/OCC(C)CN(C)C)C1.O=C(O)/C=C/C(=O)O. The lowest BCUT2D eigenvalue weighted by Crippen LogP contribution is -2.25. The lowest BCUT2D eigenvalue weighted by Gasteiger charge is -2.31. The molecule has 7 nitrogen and oxygen atoms in total. The number of allylic oxidation sites excluding steroid dienone is 3. The molecule has 1 aromatic rings. The first-order valence-electron chi connectivity index (χ1n) is 10.9. The Kier molecular flexibility index (Phi) is 11.8. The van der Waals surface area contributed by atoms with Gasteiger partial charge in [0.2, 0.25) is 0 Å².